The van der Waals surface area contributed by atoms with Crippen LogP contribution in [-0.2, 0) is 30.7 Å². The second-order valence-corrected chi connectivity index (χ2v) is 11.9. The van der Waals surface area contributed by atoms with Crippen LogP contribution in [0, 0.1) is 11.8 Å². The maximum absolute atomic E-state index is 14.1. The lowest BCUT2D eigenvalue weighted by molar-refractivity contribution is -0.122. The lowest BCUT2D eigenvalue weighted by Crippen LogP contribution is -2.57. The van der Waals surface area contributed by atoms with E-state index in [0.717, 1.165) is 32.7 Å². The van der Waals surface area contributed by atoms with Gasteiger partial charge in [0.1, 0.15) is 16.4 Å². The maximum atomic E-state index is 14.1. The SMILES string of the molecule is O=C(OCc1ccc(Cl)cc1)c1ccc(N2C(=O)[C@H]3[C@H](C2=O)C2(Cl)c4ccccc4C3(Cl)c3ccccc32)cc1. The molecule has 1 fully saturated rings. The first-order chi connectivity index (χ1) is 19.3. The zero-order chi connectivity index (χ0) is 27.8. The van der Waals surface area contributed by atoms with Crippen LogP contribution in [0.15, 0.2) is 97.1 Å². The number of nitrogens with zero attached hydrogens (tertiary/aromatic N) is 1. The average Bonchev–Trinajstić information content (AvgIpc) is 3.26. The number of ether oxygens (including phenoxy) is 1. The zero-order valence-corrected chi connectivity index (χ0v) is 23.1. The number of carbonyl (C=O) groups excluding carboxylic acids is 3. The van der Waals surface area contributed by atoms with Gasteiger partial charge in [0.15, 0.2) is 0 Å². The number of imide groups is 1. The van der Waals surface area contributed by atoms with E-state index in [1.807, 2.05) is 48.5 Å². The fraction of sp³-hybridized carbons (Fsp3) is 0.156. The van der Waals surface area contributed by atoms with Crippen LogP contribution in [-0.4, -0.2) is 17.8 Å². The fourth-order valence-corrected chi connectivity index (χ4v) is 7.70. The van der Waals surface area contributed by atoms with E-state index < -0.39 is 39.4 Å². The minimum Gasteiger partial charge on any atom is -0.457 e. The van der Waals surface area contributed by atoms with Gasteiger partial charge < -0.3 is 4.74 Å². The van der Waals surface area contributed by atoms with Crippen molar-refractivity contribution in [3.05, 3.63) is 135 Å². The predicted octanol–water partition coefficient (Wildman–Crippen LogP) is 6.79. The number of alkyl halides is 2. The monoisotopic (exact) mass is 587 g/mol. The molecule has 0 saturated carbocycles. The van der Waals surface area contributed by atoms with Gasteiger partial charge in [-0.3, -0.25) is 9.59 Å². The zero-order valence-electron chi connectivity index (χ0n) is 20.8. The molecule has 4 aromatic carbocycles. The summed E-state index contributed by atoms with van der Waals surface area (Å²) in [5, 5.41) is 0.595. The molecule has 0 N–H and O–H groups in total. The minimum atomic E-state index is -1.25. The molecule has 1 saturated heterocycles. The fourth-order valence-electron chi connectivity index (χ4n) is 6.48. The Balaban J connectivity index is 1.22. The van der Waals surface area contributed by atoms with Crippen molar-refractivity contribution in [2.24, 2.45) is 11.8 Å². The molecular formula is C32H20Cl3NO4. The van der Waals surface area contributed by atoms with Gasteiger partial charge in [-0.15, -0.1) is 23.2 Å². The summed E-state index contributed by atoms with van der Waals surface area (Å²) < 4.78 is 5.41. The molecule has 8 heteroatoms. The first-order valence-corrected chi connectivity index (χ1v) is 13.9. The van der Waals surface area contributed by atoms with Crippen molar-refractivity contribution >= 4 is 58.3 Å². The molecule has 8 rings (SSSR count). The Labute approximate surface area is 245 Å². The van der Waals surface area contributed by atoms with E-state index in [1.165, 1.54) is 12.1 Å². The number of amides is 2. The van der Waals surface area contributed by atoms with Crippen molar-refractivity contribution in [1.82, 2.24) is 0 Å². The van der Waals surface area contributed by atoms with Gasteiger partial charge >= 0.3 is 5.97 Å². The molecule has 3 aliphatic carbocycles. The summed E-state index contributed by atoms with van der Waals surface area (Å²) in [7, 11) is 0. The number of carbonyl (C=O) groups is 3. The molecule has 4 aliphatic rings. The Morgan fingerprint density at radius 3 is 1.60 bits per heavy atom. The van der Waals surface area contributed by atoms with E-state index in [0.29, 0.717) is 10.7 Å². The van der Waals surface area contributed by atoms with Crippen LogP contribution in [0.1, 0.15) is 38.2 Å². The van der Waals surface area contributed by atoms with Gasteiger partial charge in [0, 0.05) is 5.02 Å². The first kappa shape index (κ1) is 25.3. The van der Waals surface area contributed by atoms with Crippen molar-refractivity contribution in [3.63, 3.8) is 0 Å². The molecule has 0 unspecified atom stereocenters. The summed E-state index contributed by atoms with van der Waals surface area (Å²) in [6, 6.07) is 28.2. The molecule has 0 spiro atoms. The minimum absolute atomic E-state index is 0.0843. The van der Waals surface area contributed by atoms with Crippen LogP contribution in [0.25, 0.3) is 0 Å². The molecule has 2 amide bonds. The summed E-state index contributed by atoms with van der Waals surface area (Å²) in [6.07, 6.45) is 0. The Bertz CT molecular complexity index is 1600. The largest absolute Gasteiger partial charge is 0.457 e. The Morgan fingerprint density at radius 1 is 0.700 bits per heavy atom. The molecule has 4 aromatic rings. The molecule has 2 bridgehead atoms. The van der Waals surface area contributed by atoms with Gasteiger partial charge in [-0.25, -0.2) is 9.69 Å². The number of halogens is 3. The highest BCUT2D eigenvalue weighted by Crippen LogP contribution is 2.69. The van der Waals surface area contributed by atoms with Gasteiger partial charge in [-0.05, 0) is 64.2 Å². The number of benzene rings is 4. The second kappa shape index (κ2) is 8.93. The number of hydrogen-bond donors (Lipinski definition) is 0. The highest BCUT2D eigenvalue weighted by Gasteiger charge is 2.73. The Hall–Kier alpha value is -3.64. The third-order valence-electron chi connectivity index (χ3n) is 8.23. The van der Waals surface area contributed by atoms with Gasteiger partial charge in [0.05, 0.1) is 23.1 Å². The van der Waals surface area contributed by atoms with Crippen LogP contribution in [0.3, 0.4) is 0 Å². The summed E-state index contributed by atoms with van der Waals surface area (Å²) in [5.41, 5.74) is 4.40. The summed E-state index contributed by atoms with van der Waals surface area (Å²) in [4.78, 5) is 39.5. The van der Waals surface area contributed by atoms with Crippen LogP contribution in [0.4, 0.5) is 5.69 Å². The molecular weight excluding hydrogens is 569 g/mol. The van der Waals surface area contributed by atoms with Crippen molar-refractivity contribution < 1.29 is 19.1 Å². The van der Waals surface area contributed by atoms with Crippen LogP contribution < -0.4 is 4.90 Å². The number of hydrogen-bond acceptors (Lipinski definition) is 4. The van der Waals surface area contributed by atoms with Crippen molar-refractivity contribution in [3.8, 4) is 0 Å². The topological polar surface area (TPSA) is 63.7 Å². The molecule has 2 atom stereocenters. The molecule has 198 valence electrons. The van der Waals surface area contributed by atoms with Crippen molar-refractivity contribution in [1.29, 1.82) is 0 Å². The highest BCUT2D eigenvalue weighted by atomic mass is 35.5. The lowest BCUT2D eigenvalue weighted by atomic mass is 9.54. The standard InChI is InChI=1S/C32H20Cl3NO4/c33-20-13-9-18(10-14-20)17-40-30(39)19-11-15-21(16-12-19)36-28(37)26-27(29(36)38)32(35)23-6-2-1-5-22(23)31(26,34)24-7-3-4-8-25(24)32/h1-16,26-27H,17H2/t26-,27-,31?,32?/m1/s1. The van der Waals surface area contributed by atoms with E-state index in [4.69, 9.17) is 39.5 Å². The average molecular weight is 589 g/mol. The predicted molar refractivity (Wildman–Crippen MR) is 153 cm³/mol. The molecule has 0 radical (unpaired) electrons. The van der Waals surface area contributed by atoms with Crippen LogP contribution >= 0.6 is 34.8 Å². The Kier molecular flexibility index (Phi) is 5.66. The lowest BCUT2D eigenvalue weighted by Gasteiger charge is -2.54. The van der Waals surface area contributed by atoms with E-state index in [-0.39, 0.29) is 12.2 Å². The molecule has 1 heterocycles. The van der Waals surface area contributed by atoms with Crippen molar-refractivity contribution in [2.75, 3.05) is 4.90 Å². The van der Waals surface area contributed by atoms with Gasteiger partial charge in [0.25, 0.3) is 0 Å². The highest BCUT2D eigenvalue weighted by molar-refractivity contribution is 6.38. The Morgan fingerprint density at radius 2 is 1.15 bits per heavy atom. The first-order valence-electron chi connectivity index (χ1n) is 12.7. The third kappa shape index (κ3) is 3.32. The quantitative estimate of drug-likeness (QED) is 0.150. The third-order valence-corrected chi connectivity index (χ3v) is 9.77. The maximum Gasteiger partial charge on any atom is 0.338 e. The van der Waals surface area contributed by atoms with E-state index in [9.17, 15) is 14.4 Å². The summed E-state index contributed by atoms with van der Waals surface area (Å²) in [6.45, 7) is 0.0843. The normalized spacial score (nSPS) is 25.8. The number of rotatable bonds is 4. The van der Waals surface area contributed by atoms with Gasteiger partial charge in [-0.2, -0.15) is 0 Å². The summed E-state index contributed by atoms with van der Waals surface area (Å²) >= 11 is 20.8. The van der Waals surface area contributed by atoms with Crippen LogP contribution in [0.2, 0.25) is 5.02 Å². The van der Waals surface area contributed by atoms with E-state index in [2.05, 4.69) is 0 Å². The summed E-state index contributed by atoms with van der Waals surface area (Å²) in [5.74, 6) is -3.16. The van der Waals surface area contributed by atoms with Gasteiger partial charge in [-0.1, -0.05) is 72.3 Å². The number of anilines is 1. The molecule has 40 heavy (non-hydrogen) atoms. The molecule has 1 aliphatic heterocycles. The number of esters is 1. The van der Waals surface area contributed by atoms with E-state index >= 15 is 0 Å². The molecule has 0 aromatic heterocycles. The smallest absolute Gasteiger partial charge is 0.338 e. The van der Waals surface area contributed by atoms with E-state index in [1.54, 1.807) is 36.4 Å². The van der Waals surface area contributed by atoms with Crippen LogP contribution in [0.5, 0.6) is 0 Å². The molecule has 5 nitrogen and oxygen atoms in total. The van der Waals surface area contributed by atoms with Crippen molar-refractivity contribution in [2.45, 2.75) is 16.4 Å². The second-order valence-electron chi connectivity index (χ2n) is 10.2. The van der Waals surface area contributed by atoms with Gasteiger partial charge in [0.2, 0.25) is 11.8 Å².